The van der Waals surface area contributed by atoms with Crippen molar-refractivity contribution >= 4 is 10.0 Å². The van der Waals surface area contributed by atoms with Gasteiger partial charge in [-0.1, -0.05) is 12.1 Å². The molecule has 1 fully saturated rings. The molecule has 0 bridgehead atoms. The molecule has 1 aliphatic rings. The lowest BCUT2D eigenvalue weighted by Crippen LogP contribution is -2.43. The lowest BCUT2D eigenvalue weighted by molar-refractivity contribution is 0.200. The van der Waals surface area contributed by atoms with E-state index in [1.807, 2.05) is 18.2 Å². The summed E-state index contributed by atoms with van der Waals surface area (Å²) in [5, 5.41) is 0. The van der Waals surface area contributed by atoms with E-state index in [0.29, 0.717) is 0 Å². The summed E-state index contributed by atoms with van der Waals surface area (Å²) in [5.74, 6) is 0.871. The van der Waals surface area contributed by atoms with Gasteiger partial charge in [0.25, 0.3) is 0 Å². The number of nitrogens with one attached hydrogen (secondary N) is 1. The van der Waals surface area contributed by atoms with Gasteiger partial charge in [0.05, 0.1) is 13.4 Å². The average Bonchev–Trinajstić information content (AvgIpc) is 2.40. The smallest absolute Gasteiger partial charge is 0.208 e. The van der Waals surface area contributed by atoms with Crippen LogP contribution in [0, 0.1) is 0 Å². The van der Waals surface area contributed by atoms with E-state index >= 15 is 0 Å². The molecular formula is C14H22N2O3S. The topological polar surface area (TPSA) is 58.6 Å². The van der Waals surface area contributed by atoms with Crippen molar-refractivity contribution in [2.24, 2.45) is 0 Å². The highest BCUT2D eigenvalue weighted by atomic mass is 32.2. The number of nitrogens with zero attached hydrogens (tertiary/aromatic N) is 1. The molecule has 1 aliphatic heterocycles. The molecule has 1 heterocycles. The maximum absolute atomic E-state index is 11.2. The third kappa shape index (κ3) is 4.77. The maximum Gasteiger partial charge on any atom is 0.208 e. The standard InChI is InChI=1S/C14H22N2O3S/c1-19-14-5-3-4-12(10-14)11-16-8-6-13(7-9-16)15-20(2,17)18/h3-5,10,13,15H,6-9,11H2,1-2H3. The summed E-state index contributed by atoms with van der Waals surface area (Å²) >= 11 is 0. The fourth-order valence-electron chi connectivity index (χ4n) is 2.54. The minimum absolute atomic E-state index is 0.0755. The predicted octanol–water partition coefficient (Wildman–Crippen LogP) is 1.21. The van der Waals surface area contributed by atoms with Gasteiger partial charge in [0.2, 0.25) is 10.0 Å². The van der Waals surface area contributed by atoms with Crippen LogP contribution in [0.2, 0.25) is 0 Å². The summed E-state index contributed by atoms with van der Waals surface area (Å²) in [6, 6.07) is 8.13. The van der Waals surface area contributed by atoms with E-state index in [1.165, 1.54) is 11.8 Å². The predicted molar refractivity (Wildman–Crippen MR) is 79.3 cm³/mol. The Morgan fingerprint density at radius 2 is 2.05 bits per heavy atom. The van der Waals surface area contributed by atoms with Crippen LogP contribution in [0.1, 0.15) is 18.4 Å². The highest BCUT2D eigenvalue weighted by Gasteiger charge is 2.21. The van der Waals surface area contributed by atoms with Gasteiger partial charge in [0.15, 0.2) is 0 Å². The van der Waals surface area contributed by atoms with Crippen molar-refractivity contribution in [3.8, 4) is 5.75 Å². The van der Waals surface area contributed by atoms with Crippen LogP contribution in [0.3, 0.4) is 0 Å². The highest BCUT2D eigenvalue weighted by Crippen LogP contribution is 2.17. The van der Waals surface area contributed by atoms with Crippen LogP contribution in [-0.2, 0) is 16.6 Å². The first-order valence-corrected chi connectivity index (χ1v) is 8.68. The number of piperidine rings is 1. The molecule has 0 aromatic heterocycles. The molecule has 1 aromatic rings. The number of likely N-dealkylation sites (tertiary alicyclic amines) is 1. The number of rotatable bonds is 5. The SMILES string of the molecule is COc1cccc(CN2CCC(NS(C)(=O)=O)CC2)c1. The van der Waals surface area contributed by atoms with E-state index in [9.17, 15) is 8.42 Å². The zero-order valence-electron chi connectivity index (χ0n) is 12.0. The van der Waals surface area contributed by atoms with E-state index in [-0.39, 0.29) is 6.04 Å². The normalized spacial score (nSPS) is 18.1. The molecular weight excluding hydrogens is 276 g/mol. The van der Waals surface area contributed by atoms with Crippen molar-refractivity contribution in [3.63, 3.8) is 0 Å². The lowest BCUT2D eigenvalue weighted by atomic mass is 10.1. The Morgan fingerprint density at radius 1 is 1.35 bits per heavy atom. The van der Waals surface area contributed by atoms with Gasteiger partial charge in [0, 0.05) is 25.7 Å². The molecule has 1 saturated heterocycles. The largest absolute Gasteiger partial charge is 0.497 e. The second-order valence-electron chi connectivity index (χ2n) is 5.29. The van der Waals surface area contributed by atoms with Crippen molar-refractivity contribution in [2.75, 3.05) is 26.5 Å². The quantitative estimate of drug-likeness (QED) is 0.887. The van der Waals surface area contributed by atoms with E-state index < -0.39 is 10.0 Å². The van der Waals surface area contributed by atoms with E-state index in [2.05, 4.69) is 15.7 Å². The molecule has 0 radical (unpaired) electrons. The molecule has 5 nitrogen and oxygen atoms in total. The average molecular weight is 298 g/mol. The van der Waals surface area contributed by atoms with Crippen LogP contribution >= 0.6 is 0 Å². The van der Waals surface area contributed by atoms with Crippen LogP contribution in [0.15, 0.2) is 24.3 Å². The van der Waals surface area contributed by atoms with Crippen LogP contribution in [0.5, 0.6) is 5.75 Å². The fraction of sp³-hybridized carbons (Fsp3) is 0.571. The van der Waals surface area contributed by atoms with Crippen LogP contribution in [-0.4, -0.2) is 45.8 Å². The van der Waals surface area contributed by atoms with Crippen molar-refractivity contribution in [1.29, 1.82) is 0 Å². The fourth-order valence-corrected chi connectivity index (χ4v) is 3.38. The van der Waals surface area contributed by atoms with Gasteiger partial charge in [-0.05, 0) is 30.5 Å². The number of hydrogen-bond acceptors (Lipinski definition) is 4. The minimum atomic E-state index is -3.09. The summed E-state index contributed by atoms with van der Waals surface area (Å²) in [4.78, 5) is 2.34. The van der Waals surface area contributed by atoms with Gasteiger partial charge in [-0.2, -0.15) is 0 Å². The monoisotopic (exact) mass is 298 g/mol. The van der Waals surface area contributed by atoms with Crippen molar-refractivity contribution in [3.05, 3.63) is 29.8 Å². The molecule has 6 heteroatoms. The van der Waals surface area contributed by atoms with Crippen LogP contribution in [0.4, 0.5) is 0 Å². The summed E-state index contributed by atoms with van der Waals surface area (Å²) in [6.07, 6.45) is 2.93. The van der Waals surface area contributed by atoms with E-state index in [4.69, 9.17) is 4.74 Å². The first kappa shape index (κ1) is 15.3. The Kier molecular flexibility index (Phi) is 5.01. The van der Waals surface area contributed by atoms with Crippen LogP contribution in [0.25, 0.3) is 0 Å². The summed E-state index contributed by atoms with van der Waals surface area (Å²) in [5.41, 5.74) is 1.22. The third-order valence-corrected chi connectivity index (χ3v) is 4.27. The Morgan fingerprint density at radius 3 is 2.65 bits per heavy atom. The second-order valence-corrected chi connectivity index (χ2v) is 7.07. The van der Waals surface area contributed by atoms with Crippen molar-refractivity contribution < 1.29 is 13.2 Å². The first-order valence-electron chi connectivity index (χ1n) is 6.79. The van der Waals surface area contributed by atoms with Crippen molar-refractivity contribution in [2.45, 2.75) is 25.4 Å². The molecule has 112 valence electrons. The molecule has 0 atom stereocenters. The van der Waals surface area contributed by atoms with E-state index in [0.717, 1.165) is 38.2 Å². The van der Waals surface area contributed by atoms with Gasteiger partial charge < -0.3 is 4.74 Å². The maximum atomic E-state index is 11.2. The molecule has 0 spiro atoms. The zero-order valence-corrected chi connectivity index (χ0v) is 12.8. The van der Waals surface area contributed by atoms with Gasteiger partial charge in [-0.15, -0.1) is 0 Å². The molecule has 0 unspecified atom stereocenters. The molecule has 0 aliphatic carbocycles. The molecule has 0 amide bonds. The minimum Gasteiger partial charge on any atom is -0.497 e. The molecule has 1 aromatic carbocycles. The number of hydrogen-bond donors (Lipinski definition) is 1. The summed E-state index contributed by atoms with van der Waals surface area (Å²) in [7, 11) is -1.43. The molecule has 0 saturated carbocycles. The first-order chi connectivity index (χ1) is 9.46. The summed E-state index contributed by atoms with van der Waals surface area (Å²) < 4.78 is 30.3. The number of benzene rings is 1. The molecule has 1 N–H and O–H groups in total. The Labute approximate surface area is 121 Å². The Bertz CT molecular complexity index is 537. The molecule has 2 rings (SSSR count). The van der Waals surface area contributed by atoms with Crippen molar-refractivity contribution in [1.82, 2.24) is 9.62 Å². The van der Waals surface area contributed by atoms with Gasteiger partial charge in [0.1, 0.15) is 5.75 Å². The second kappa shape index (κ2) is 6.56. The Balaban J connectivity index is 1.85. The lowest BCUT2D eigenvalue weighted by Gasteiger charge is -2.32. The zero-order chi connectivity index (χ0) is 14.6. The Hall–Kier alpha value is -1.11. The summed E-state index contributed by atoms with van der Waals surface area (Å²) in [6.45, 7) is 2.69. The third-order valence-electron chi connectivity index (χ3n) is 3.51. The highest BCUT2D eigenvalue weighted by molar-refractivity contribution is 7.88. The number of methoxy groups -OCH3 is 1. The molecule has 20 heavy (non-hydrogen) atoms. The number of ether oxygens (including phenoxy) is 1. The van der Waals surface area contributed by atoms with Gasteiger partial charge >= 0.3 is 0 Å². The van der Waals surface area contributed by atoms with Gasteiger partial charge in [-0.25, -0.2) is 13.1 Å². The van der Waals surface area contributed by atoms with Gasteiger partial charge in [-0.3, -0.25) is 4.90 Å². The number of sulfonamides is 1. The van der Waals surface area contributed by atoms with Crippen LogP contribution < -0.4 is 9.46 Å². The van der Waals surface area contributed by atoms with E-state index in [1.54, 1.807) is 7.11 Å².